The maximum absolute atomic E-state index is 11.1. The summed E-state index contributed by atoms with van der Waals surface area (Å²) in [5, 5.41) is 0. The highest BCUT2D eigenvalue weighted by atomic mass is 16.5. The minimum absolute atomic E-state index is 0. The van der Waals surface area contributed by atoms with E-state index in [2.05, 4.69) is 31.2 Å². The minimum Gasteiger partial charge on any atom is -0.466 e. The number of ether oxygens (including phenoxy) is 1. The maximum Gasteiger partial charge on any atom is 0.305 e. The number of carbonyl (C=O) groups excluding carboxylic acids is 1. The first-order chi connectivity index (χ1) is 10.8. The summed E-state index contributed by atoms with van der Waals surface area (Å²) in [6.45, 7) is 4.60. The molecule has 0 atom stereocenters. The van der Waals surface area contributed by atoms with Crippen molar-refractivity contribution in [1.29, 1.82) is 0 Å². The molecule has 23 heavy (non-hydrogen) atoms. The van der Waals surface area contributed by atoms with E-state index in [1.165, 1.54) is 51.4 Å². The molecular formula is C20H38O3. The summed E-state index contributed by atoms with van der Waals surface area (Å²) in [5.41, 5.74) is 0. The van der Waals surface area contributed by atoms with Crippen LogP contribution in [0.15, 0.2) is 24.3 Å². The van der Waals surface area contributed by atoms with Gasteiger partial charge in [0, 0.05) is 6.42 Å². The second-order valence-corrected chi connectivity index (χ2v) is 5.79. The van der Waals surface area contributed by atoms with Gasteiger partial charge in [-0.25, -0.2) is 0 Å². The highest BCUT2D eigenvalue weighted by Gasteiger charge is 2.00. The van der Waals surface area contributed by atoms with Crippen LogP contribution in [0.2, 0.25) is 0 Å². The fraction of sp³-hybridized carbons (Fsp3) is 0.750. The van der Waals surface area contributed by atoms with Crippen LogP contribution < -0.4 is 0 Å². The Hall–Kier alpha value is -1.09. The Morgan fingerprint density at radius 3 is 1.96 bits per heavy atom. The molecule has 2 N–H and O–H groups in total. The summed E-state index contributed by atoms with van der Waals surface area (Å²) in [6, 6.07) is 0. The van der Waals surface area contributed by atoms with Crippen LogP contribution in [0.4, 0.5) is 0 Å². The van der Waals surface area contributed by atoms with Gasteiger partial charge in [-0.3, -0.25) is 4.79 Å². The molecule has 0 amide bonds. The first kappa shape index (κ1) is 24.2. The van der Waals surface area contributed by atoms with Gasteiger partial charge in [0.25, 0.3) is 0 Å². The molecule has 0 unspecified atom stereocenters. The molecule has 0 saturated heterocycles. The highest BCUT2D eigenvalue weighted by molar-refractivity contribution is 5.69. The normalized spacial score (nSPS) is 11.0. The molecule has 0 fully saturated rings. The molecule has 0 bridgehead atoms. The summed E-state index contributed by atoms with van der Waals surface area (Å²) < 4.78 is 4.91. The smallest absolute Gasteiger partial charge is 0.305 e. The highest BCUT2D eigenvalue weighted by Crippen LogP contribution is 2.08. The number of unbranched alkanes of at least 4 members (excludes halogenated alkanes) is 8. The number of esters is 1. The molecule has 0 aromatic heterocycles. The van der Waals surface area contributed by atoms with Gasteiger partial charge < -0.3 is 10.2 Å². The maximum atomic E-state index is 11.1. The van der Waals surface area contributed by atoms with Gasteiger partial charge in [-0.1, -0.05) is 63.3 Å². The lowest BCUT2D eigenvalue weighted by atomic mass is 10.1. The van der Waals surface area contributed by atoms with Crippen molar-refractivity contribution >= 4 is 5.97 Å². The van der Waals surface area contributed by atoms with Crippen LogP contribution in [0.5, 0.6) is 0 Å². The first-order valence-electron chi connectivity index (χ1n) is 9.26. The van der Waals surface area contributed by atoms with Crippen LogP contribution >= 0.6 is 0 Å². The van der Waals surface area contributed by atoms with Gasteiger partial charge >= 0.3 is 5.97 Å². The van der Waals surface area contributed by atoms with Crippen LogP contribution in [0, 0.1) is 0 Å². The summed E-state index contributed by atoms with van der Waals surface area (Å²) in [4.78, 5) is 11.1. The second kappa shape index (κ2) is 20.9. The summed E-state index contributed by atoms with van der Waals surface area (Å²) >= 11 is 0. The van der Waals surface area contributed by atoms with Gasteiger partial charge in [-0.05, 0) is 45.4 Å². The number of allylic oxidation sites excluding steroid dienone is 4. The molecule has 0 aromatic rings. The van der Waals surface area contributed by atoms with Gasteiger partial charge in [0.15, 0.2) is 0 Å². The summed E-state index contributed by atoms with van der Waals surface area (Å²) in [6.07, 6.45) is 23.1. The SMILES string of the molecule is CCCCC/C=C\C/C=C\CCCCCCCC(=O)OCC.O. The van der Waals surface area contributed by atoms with E-state index in [0.717, 1.165) is 19.3 Å². The number of carbonyl (C=O) groups is 1. The number of rotatable bonds is 15. The van der Waals surface area contributed by atoms with Crippen LogP contribution in [0.25, 0.3) is 0 Å². The topological polar surface area (TPSA) is 57.8 Å². The van der Waals surface area contributed by atoms with Gasteiger partial charge in [0.1, 0.15) is 0 Å². The van der Waals surface area contributed by atoms with Crippen molar-refractivity contribution in [1.82, 2.24) is 0 Å². The van der Waals surface area contributed by atoms with Gasteiger partial charge in [0.05, 0.1) is 6.61 Å². The first-order valence-corrected chi connectivity index (χ1v) is 9.26. The largest absolute Gasteiger partial charge is 0.466 e. The van der Waals surface area contributed by atoms with Crippen molar-refractivity contribution < 1.29 is 15.0 Å². The molecule has 0 heterocycles. The Morgan fingerprint density at radius 2 is 1.35 bits per heavy atom. The third-order valence-corrected chi connectivity index (χ3v) is 3.64. The van der Waals surface area contributed by atoms with E-state index >= 15 is 0 Å². The lowest BCUT2D eigenvalue weighted by molar-refractivity contribution is -0.143. The molecule has 0 rings (SSSR count). The molecule has 0 radical (unpaired) electrons. The van der Waals surface area contributed by atoms with E-state index < -0.39 is 0 Å². The Labute approximate surface area is 143 Å². The van der Waals surface area contributed by atoms with Crippen LogP contribution in [-0.2, 0) is 9.53 Å². The third kappa shape index (κ3) is 20.9. The van der Waals surface area contributed by atoms with Gasteiger partial charge in [0.2, 0.25) is 0 Å². The summed E-state index contributed by atoms with van der Waals surface area (Å²) in [7, 11) is 0. The monoisotopic (exact) mass is 326 g/mol. The molecule has 0 aliphatic rings. The number of hydrogen-bond donors (Lipinski definition) is 0. The average molecular weight is 327 g/mol. The fourth-order valence-electron chi connectivity index (χ4n) is 2.31. The second-order valence-electron chi connectivity index (χ2n) is 5.79. The van der Waals surface area contributed by atoms with Crippen molar-refractivity contribution in [3.8, 4) is 0 Å². The standard InChI is InChI=1S/C20H36O2.H2O/c1-3-5-6-7-8-9-10-11-12-13-14-15-16-17-18-19-20(21)22-4-2;/h8-9,11-12H,3-7,10,13-19H2,1-2H3;1H2/b9-8-,12-11-;. The average Bonchev–Trinajstić information content (AvgIpc) is 2.51. The lowest BCUT2D eigenvalue weighted by Gasteiger charge is -2.01. The number of hydrogen-bond acceptors (Lipinski definition) is 2. The van der Waals surface area contributed by atoms with Crippen LogP contribution in [0.3, 0.4) is 0 Å². The molecule has 0 saturated carbocycles. The lowest BCUT2D eigenvalue weighted by Crippen LogP contribution is -2.03. The van der Waals surface area contributed by atoms with Crippen LogP contribution in [0.1, 0.15) is 90.9 Å². The third-order valence-electron chi connectivity index (χ3n) is 3.64. The van der Waals surface area contributed by atoms with Crippen molar-refractivity contribution in [3.63, 3.8) is 0 Å². The Balaban J connectivity index is 0. The van der Waals surface area contributed by atoms with Gasteiger partial charge in [-0.15, -0.1) is 0 Å². The van der Waals surface area contributed by atoms with Gasteiger partial charge in [-0.2, -0.15) is 0 Å². The molecule has 3 nitrogen and oxygen atoms in total. The molecule has 0 aliphatic carbocycles. The zero-order chi connectivity index (χ0) is 16.3. The van der Waals surface area contributed by atoms with Crippen molar-refractivity contribution in [2.45, 2.75) is 90.9 Å². The molecule has 136 valence electrons. The van der Waals surface area contributed by atoms with E-state index in [-0.39, 0.29) is 11.4 Å². The Kier molecular flexibility index (Phi) is 22.0. The Bertz CT molecular complexity index is 295. The van der Waals surface area contributed by atoms with Crippen molar-refractivity contribution in [2.24, 2.45) is 0 Å². The fourth-order valence-corrected chi connectivity index (χ4v) is 2.31. The molecule has 0 spiro atoms. The van der Waals surface area contributed by atoms with E-state index in [1.54, 1.807) is 0 Å². The van der Waals surface area contributed by atoms with Crippen LogP contribution in [-0.4, -0.2) is 18.1 Å². The van der Waals surface area contributed by atoms with E-state index in [9.17, 15) is 4.79 Å². The predicted molar refractivity (Wildman–Crippen MR) is 99.6 cm³/mol. The van der Waals surface area contributed by atoms with E-state index in [0.29, 0.717) is 13.0 Å². The Morgan fingerprint density at radius 1 is 0.783 bits per heavy atom. The molecule has 0 aromatic carbocycles. The minimum atomic E-state index is -0.0480. The van der Waals surface area contributed by atoms with Crippen molar-refractivity contribution in [3.05, 3.63) is 24.3 Å². The zero-order valence-electron chi connectivity index (χ0n) is 15.3. The quantitative estimate of drug-likeness (QED) is 0.225. The zero-order valence-corrected chi connectivity index (χ0v) is 15.3. The van der Waals surface area contributed by atoms with E-state index in [4.69, 9.17) is 4.74 Å². The molecular weight excluding hydrogens is 288 g/mol. The van der Waals surface area contributed by atoms with E-state index in [1.807, 2.05) is 6.92 Å². The van der Waals surface area contributed by atoms with Crippen molar-refractivity contribution in [2.75, 3.05) is 6.61 Å². The summed E-state index contributed by atoms with van der Waals surface area (Å²) in [5.74, 6) is -0.0480. The predicted octanol–water partition coefficient (Wildman–Crippen LogP) is 5.54. The molecule has 3 heteroatoms. The molecule has 0 aliphatic heterocycles.